The highest BCUT2D eigenvalue weighted by atomic mass is 35.5. The van der Waals surface area contributed by atoms with Gasteiger partial charge in [0, 0.05) is 31.7 Å². The maximum Gasteiger partial charge on any atom is 0.295 e. The van der Waals surface area contributed by atoms with E-state index in [1.54, 1.807) is 12.1 Å². The Morgan fingerprint density at radius 1 is 1.15 bits per heavy atom. The number of amides is 1. The molecule has 2 aliphatic rings. The van der Waals surface area contributed by atoms with E-state index in [1.165, 1.54) is 42.3 Å². The molecule has 0 bridgehead atoms. The molecule has 7 nitrogen and oxygen atoms in total. The number of carbonyl (C=O) groups excluding carboxylic acids is 2. The molecule has 2 aliphatic heterocycles. The Labute approximate surface area is 202 Å². The van der Waals surface area contributed by atoms with E-state index in [0.29, 0.717) is 37.5 Å². The molecule has 9 heteroatoms. The van der Waals surface area contributed by atoms with Crippen LogP contribution in [0.15, 0.2) is 48.0 Å². The highest BCUT2D eigenvalue weighted by molar-refractivity contribution is 6.46. The van der Waals surface area contributed by atoms with Crippen LogP contribution >= 0.6 is 11.6 Å². The fraction of sp³-hybridized carbons (Fsp3) is 0.360. The van der Waals surface area contributed by atoms with Crippen molar-refractivity contribution in [2.24, 2.45) is 0 Å². The standard InChI is InChI=1S/C25H26ClFN2O5/c1-33-20-8-5-17(15-19(20)26)23(30)21-22(16-3-6-18(27)7-4-16)29(25(32)24(21)31)10-2-9-28-11-13-34-14-12-28/h3-8,15,22,30H,2,9-14H2,1H3/b23-21-. The summed E-state index contributed by atoms with van der Waals surface area (Å²) in [5, 5.41) is 11.4. The normalized spacial score (nSPS) is 20.7. The Balaban J connectivity index is 1.68. The second-order valence-corrected chi connectivity index (χ2v) is 8.61. The topological polar surface area (TPSA) is 79.3 Å². The van der Waals surface area contributed by atoms with Crippen molar-refractivity contribution in [3.05, 3.63) is 70.0 Å². The minimum atomic E-state index is -0.842. The van der Waals surface area contributed by atoms with Gasteiger partial charge in [-0.25, -0.2) is 4.39 Å². The van der Waals surface area contributed by atoms with E-state index in [1.807, 2.05) is 0 Å². The first-order valence-corrected chi connectivity index (χ1v) is 11.5. The molecule has 4 rings (SSSR count). The summed E-state index contributed by atoms with van der Waals surface area (Å²) >= 11 is 6.21. The summed E-state index contributed by atoms with van der Waals surface area (Å²) in [6, 6.07) is 9.36. The van der Waals surface area contributed by atoms with Crippen LogP contribution in [0.1, 0.15) is 23.6 Å². The third kappa shape index (κ3) is 4.94. The van der Waals surface area contributed by atoms with Gasteiger partial charge in [-0.1, -0.05) is 23.7 Å². The third-order valence-corrected chi connectivity index (χ3v) is 6.42. The van der Waals surface area contributed by atoms with Crippen LogP contribution in [0.2, 0.25) is 5.02 Å². The first-order valence-electron chi connectivity index (χ1n) is 11.1. The van der Waals surface area contributed by atoms with Gasteiger partial charge >= 0.3 is 0 Å². The Bertz CT molecular complexity index is 1100. The van der Waals surface area contributed by atoms with Crippen LogP contribution in [0, 0.1) is 5.82 Å². The zero-order chi connectivity index (χ0) is 24.2. The maximum atomic E-state index is 13.6. The fourth-order valence-electron chi connectivity index (χ4n) is 4.36. The number of aliphatic hydroxyl groups is 1. The van der Waals surface area contributed by atoms with Gasteiger partial charge in [0.05, 0.1) is 37.0 Å². The Kier molecular flexibility index (Phi) is 7.50. The molecule has 1 atom stereocenters. The number of nitrogens with zero attached hydrogens (tertiary/aromatic N) is 2. The van der Waals surface area contributed by atoms with Crippen molar-refractivity contribution < 1.29 is 28.6 Å². The zero-order valence-corrected chi connectivity index (χ0v) is 19.6. The van der Waals surface area contributed by atoms with Crippen molar-refractivity contribution in [3.63, 3.8) is 0 Å². The number of carbonyl (C=O) groups is 2. The van der Waals surface area contributed by atoms with E-state index in [9.17, 15) is 19.1 Å². The number of Topliss-reactive ketones (excluding diaryl/α,β-unsaturated/α-hetero) is 1. The van der Waals surface area contributed by atoms with E-state index in [2.05, 4.69) is 4.90 Å². The lowest BCUT2D eigenvalue weighted by Gasteiger charge is -2.29. The third-order valence-electron chi connectivity index (χ3n) is 6.13. The summed E-state index contributed by atoms with van der Waals surface area (Å²) < 4.78 is 24.1. The van der Waals surface area contributed by atoms with Crippen molar-refractivity contribution in [2.45, 2.75) is 12.5 Å². The summed E-state index contributed by atoms with van der Waals surface area (Å²) in [6.45, 7) is 4.03. The molecule has 2 aromatic carbocycles. The number of methoxy groups -OCH3 is 1. The molecule has 0 aromatic heterocycles. The zero-order valence-electron chi connectivity index (χ0n) is 18.8. The number of ketones is 1. The molecule has 0 spiro atoms. The number of hydrogen-bond donors (Lipinski definition) is 1. The lowest BCUT2D eigenvalue weighted by Crippen LogP contribution is -2.38. The first-order chi connectivity index (χ1) is 16.4. The number of aliphatic hydroxyl groups excluding tert-OH is 1. The molecule has 2 saturated heterocycles. The van der Waals surface area contributed by atoms with Crippen LogP contribution < -0.4 is 4.74 Å². The van der Waals surface area contributed by atoms with Gasteiger partial charge in [0.15, 0.2) is 0 Å². The predicted octanol–water partition coefficient (Wildman–Crippen LogP) is 3.63. The minimum absolute atomic E-state index is 0.0517. The number of morpholine rings is 1. The van der Waals surface area contributed by atoms with Crippen molar-refractivity contribution in [1.29, 1.82) is 0 Å². The summed E-state index contributed by atoms with van der Waals surface area (Å²) in [5.41, 5.74) is 0.765. The van der Waals surface area contributed by atoms with Gasteiger partial charge in [0.1, 0.15) is 17.3 Å². The predicted molar refractivity (Wildman–Crippen MR) is 125 cm³/mol. The lowest BCUT2D eigenvalue weighted by molar-refractivity contribution is -0.140. The molecule has 1 N–H and O–H groups in total. The number of rotatable bonds is 7. The summed E-state index contributed by atoms with van der Waals surface area (Å²) in [4.78, 5) is 29.8. The van der Waals surface area contributed by atoms with Gasteiger partial charge in [-0.05, 0) is 42.3 Å². The molecule has 0 saturated carbocycles. The van der Waals surface area contributed by atoms with E-state index in [0.717, 1.165) is 19.6 Å². The maximum absolute atomic E-state index is 13.6. The van der Waals surface area contributed by atoms with Gasteiger partial charge in [-0.15, -0.1) is 0 Å². The smallest absolute Gasteiger partial charge is 0.295 e. The van der Waals surface area contributed by atoms with Crippen molar-refractivity contribution in [3.8, 4) is 5.75 Å². The second-order valence-electron chi connectivity index (χ2n) is 8.20. The van der Waals surface area contributed by atoms with Gasteiger partial charge in [0.2, 0.25) is 0 Å². The van der Waals surface area contributed by atoms with Gasteiger partial charge in [-0.2, -0.15) is 0 Å². The van der Waals surface area contributed by atoms with Crippen LogP contribution in [-0.4, -0.2) is 73.1 Å². The monoisotopic (exact) mass is 488 g/mol. The highest BCUT2D eigenvalue weighted by Crippen LogP contribution is 2.40. The Morgan fingerprint density at radius 2 is 1.85 bits per heavy atom. The van der Waals surface area contributed by atoms with Crippen LogP contribution in [0.4, 0.5) is 4.39 Å². The van der Waals surface area contributed by atoms with E-state index < -0.39 is 23.5 Å². The SMILES string of the molecule is COc1ccc(/C(O)=C2/C(=O)C(=O)N(CCCN3CCOCC3)C2c2ccc(F)cc2)cc1Cl. The highest BCUT2D eigenvalue weighted by Gasteiger charge is 2.45. The molecular formula is C25H26ClFN2O5. The van der Waals surface area contributed by atoms with Crippen molar-refractivity contribution in [1.82, 2.24) is 9.80 Å². The number of benzene rings is 2. The first kappa shape index (κ1) is 24.2. The summed E-state index contributed by atoms with van der Waals surface area (Å²) in [7, 11) is 1.47. The summed E-state index contributed by atoms with van der Waals surface area (Å²) in [5.74, 6) is -1.85. The van der Waals surface area contributed by atoms with Crippen LogP contribution in [0.5, 0.6) is 5.75 Å². The lowest BCUT2D eigenvalue weighted by atomic mass is 9.95. The van der Waals surface area contributed by atoms with E-state index >= 15 is 0 Å². The molecule has 0 aliphatic carbocycles. The molecule has 34 heavy (non-hydrogen) atoms. The average Bonchev–Trinajstić information content (AvgIpc) is 3.09. The van der Waals surface area contributed by atoms with Crippen LogP contribution in [0.25, 0.3) is 5.76 Å². The van der Waals surface area contributed by atoms with E-state index in [4.69, 9.17) is 21.1 Å². The summed E-state index contributed by atoms with van der Waals surface area (Å²) in [6.07, 6.45) is 0.638. The largest absolute Gasteiger partial charge is 0.507 e. The molecule has 1 unspecified atom stereocenters. The average molecular weight is 489 g/mol. The molecule has 0 radical (unpaired) electrons. The van der Waals surface area contributed by atoms with Crippen molar-refractivity contribution >= 4 is 29.1 Å². The molecule has 2 aromatic rings. The Hall–Kier alpha value is -2.94. The van der Waals surface area contributed by atoms with Crippen molar-refractivity contribution in [2.75, 3.05) is 46.5 Å². The number of hydrogen-bond acceptors (Lipinski definition) is 6. The van der Waals surface area contributed by atoms with Crippen LogP contribution in [-0.2, 0) is 14.3 Å². The van der Waals surface area contributed by atoms with E-state index in [-0.39, 0.29) is 21.9 Å². The quantitative estimate of drug-likeness (QED) is 0.364. The second kappa shape index (κ2) is 10.5. The number of halogens is 2. The van der Waals surface area contributed by atoms with Gasteiger partial charge in [-0.3, -0.25) is 14.5 Å². The molecular weight excluding hydrogens is 463 g/mol. The number of ether oxygens (including phenoxy) is 2. The molecule has 2 fully saturated rings. The van der Waals surface area contributed by atoms with Gasteiger partial charge in [0.25, 0.3) is 11.7 Å². The minimum Gasteiger partial charge on any atom is -0.507 e. The van der Waals surface area contributed by atoms with Crippen LogP contribution in [0.3, 0.4) is 0 Å². The Morgan fingerprint density at radius 3 is 2.50 bits per heavy atom. The number of likely N-dealkylation sites (tertiary alicyclic amines) is 1. The van der Waals surface area contributed by atoms with Gasteiger partial charge < -0.3 is 19.5 Å². The molecule has 1 amide bonds. The fourth-order valence-corrected chi connectivity index (χ4v) is 4.62. The molecule has 2 heterocycles. The molecule has 180 valence electrons.